The predicted molar refractivity (Wildman–Crippen MR) is 130 cm³/mol. The molecule has 0 heterocycles. The van der Waals surface area contributed by atoms with Gasteiger partial charge in [-0.05, 0) is 48.5 Å². The highest BCUT2D eigenvalue weighted by atomic mass is 16.5. The number of amides is 2. The van der Waals surface area contributed by atoms with Gasteiger partial charge in [-0.2, -0.15) is 0 Å². The minimum atomic E-state index is -0.277. The fourth-order valence-electron chi connectivity index (χ4n) is 3.45. The molecule has 0 aliphatic carbocycles. The summed E-state index contributed by atoms with van der Waals surface area (Å²) in [6, 6.07) is 17.9. The number of urea groups is 1. The average Bonchev–Trinajstić information content (AvgIpc) is 2.88. The Morgan fingerprint density at radius 3 is 1.50 bits per heavy atom. The van der Waals surface area contributed by atoms with Gasteiger partial charge in [0.25, 0.3) is 0 Å². The van der Waals surface area contributed by atoms with Crippen LogP contribution in [0.2, 0.25) is 0 Å². The van der Waals surface area contributed by atoms with Crippen molar-refractivity contribution in [2.75, 3.05) is 40.9 Å². The summed E-state index contributed by atoms with van der Waals surface area (Å²) in [6.45, 7) is 0.592. The molecule has 0 spiro atoms. The molecule has 3 rings (SSSR count). The van der Waals surface area contributed by atoms with Crippen LogP contribution in [0, 0.1) is 0 Å². The van der Waals surface area contributed by atoms with E-state index in [4.69, 9.17) is 23.7 Å². The number of anilines is 1. The highest BCUT2D eigenvalue weighted by molar-refractivity contribution is 5.89. The van der Waals surface area contributed by atoms with Gasteiger partial charge in [-0.3, -0.25) is 0 Å². The summed E-state index contributed by atoms with van der Waals surface area (Å²) in [5.41, 5.74) is 2.32. The van der Waals surface area contributed by atoms with Gasteiger partial charge in [0.1, 0.15) is 28.7 Å². The molecular formula is C26H30N2O6. The third-order valence-corrected chi connectivity index (χ3v) is 5.34. The third-order valence-electron chi connectivity index (χ3n) is 5.34. The lowest BCUT2D eigenvalue weighted by molar-refractivity contribution is 0.205. The van der Waals surface area contributed by atoms with Gasteiger partial charge in [0, 0.05) is 28.9 Å². The molecule has 0 aliphatic heterocycles. The number of methoxy groups -OCH3 is 5. The number of carbonyl (C=O) groups excluding carboxylic acids is 1. The van der Waals surface area contributed by atoms with Gasteiger partial charge in [0.2, 0.25) is 0 Å². The molecule has 0 saturated carbocycles. The van der Waals surface area contributed by atoms with E-state index in [-0.39, 0.29) is 6.03 Å². The molecule has 0 atom stereocenters. The zero-order chi connectivity index (χ0) is 24.5. The van der Waals surface area contributed by atoms with E-state index in [2.05, 4.69) is 5.32 Å². The summed E-state index contributed by atoms with van der Waals surface area (Å²) in [5.74, 6) is 3.31. The number of rotatable bonds is 10. The number of hydrogen-bond donors (Lipinski definition) is 1. The maximum atomic E-state index is 13.4. The van der Waals surface area contributed by atoms with E-state index >= 15 is 0 Å². The first-order valence-corrected chi connectivity index (χ1v) is 10.6. The maximum Gasteiger partial charge on any atom is 0.322 e. The standard InChI is InChI=1S/C26H30N2O6/c1-30-21-12-8-20(9-13-21)27-26(29)28(16-18-6-10-22(31-2)14-24(18)33-4)17-19-7-11-23(32-3)15-25(19)34-5/h6-15H,16-17H2,1-5H3,(H,27,29). The van der Waals surface area contributed by atoms with Gasteiger partial charge in [0.15, 0.2) is 0 Å². The minimum Gasteiger partial charge on any atom is -0.497 e. The van der Waals surface area contributed by atoms with Crippen LogP contribution in [-0.2, 0) is 13.1 Å². The van der Waals surface area contributed by atoms with Crippen molar-refractivity contribution in [2.45, 2.75) is 13.1 Å². The Balaban J connectivity index is 1.91. The van der Waals surface area contributed by atoms with Crippen LogP contribution in [-0.4, -0.2) is 46.5 Å². The van der Waals surface area contributed by atoms with Gasteiger partial charge in [-0.1, -0.05) is 0 Å². The SMILES string of the molecule is COc1ccc(NC(=O)N(Cc2ccc(OC)cc2OC)Cc2ccc(OC)cc2OC)cc1. The predicted octanol–water partition coefficient (Wildman–Crippen LogP) is 4.96. The summed E-state index contributed by atoms with van der Waals surface area (Å²) < 4.78 is 26.9. The zero-order valence-corrected chi connectivity index (χ0v) is 20.1. The van der Waals surface area contributed by atoms with E-state index in [1.165, 1.54) is 0 Å². The van der Waals surface area contributed by atoms with Crippen LogP contribution in [0.15, 0.2) is 60.7 Å². The summed E-state index contributed by atoms with van der Waals surface area (Å²) in [7, 11) is 7.97. The Labute approximate surface area is 200 Å². The molecule has 0 saturated heterocycles. The fourth-order valence-corrected chi connectivity index (χ4v) is 3.45. The molecule has 0 unspecified atom stereocenters. The lowest BCUT2D eigenvalue weighted by Gasteiger charge is -2.25. The Morgan fingerprint density at radius 2 is 1.09 bits per heavy atom. The van der Waals surface area contributed by atoms with E-state index in [0.717, 1.165) is 11.1 Å². The van der Waals surface area contributed by atoms with Crippen molar-refractivity contribution < 1.29 is 28.5 Å². The van der Waals surface area contributed by atoms with Gasteiger partial charge < -0.3 is 33.9 Å². The topological polar surface area (TPSA) is 78.5 Å². The number of carbonyl (C=O) groups is 1. The molecule has 3 aromatic carbocycles. The quantitative estimate of drug-likeness (QED) is 0.455. The van der Waals surface area contributed by atoms with Gasteiger partial charge in [0.05, 0.1) is 48.6 Å². The summed E-state index contributed by atoms with van der Waals surface area (Å²) in [4.78, 5) is 15.1. The van der Waals surface area contributed by atoms with Crippen LogP contribution in [0.5, 0.6) is 28.7 Å². The second-order valence-electron chi connectivity index (χ2n) is 7.37. The highest BCUT2D eigenvalue weighted by Gasteiger charge is 2.20. The monoisotopic (exact) mass is 466 g/mol. The van der Waals surface area contributed by atoms with E-state index < -0.39 is 0 Å². The molecule has 0 radical (unpaired) electrons. The van der Waals surface area contributed by atoms with Crippen molar-refractivity contribution in [3.05, 3.63) is 71.8 Å². The Kier molecular flexibility index (Phi) is 8.45. The summed E-state index contributed by atoms with van der Waals surface area (Å²) >= 11 is 0. The molecule has 34 heavy (non-hydrogen) atoms. The van der Waals surface area contributed by atoms with E-state index in [1.54, 1.807) is 76.8 Å². The van der Waals surface area contributed by atoms with Crippen molar-refractivity contribution >= 4 is 11.7 Å². The van der Waals surface area contributed by atoms with Gasteiger partial charge in [-0.15, -0.1) is 0 Å². The molecule has 180 valence electrons. The van der Waals surface area contributed by atoms with Crippen molar-refractivity contribution in [3.63, 3.8) is 0 Å². The van der Waals surface area contributed by atoms with Crippen LogP contribution in [0.1, 0.15) is 11.1 Å². The second kappa shape index (κ2) is 11.7. The molecular weight excluding hydrogens is 436 g/mol. The second-order valence-corrected chi connectivity index (χ2v) is 7.37. The van der Waals surface area contributed by atoms with Crippen LogP contribution < -0.4 is 29.0 Å². The molecule has 0 fully saturated rings. The fraction of sp³-hybridized carbons (Fsp3) is 0.269. The summed E-state index contributed by atoms with van der Waals surface area (Å²) in [5, 5.41) is 2.95. The molecule has 1 N–H and O–H groups in total. The number of ether oxygens (including phenoxy) is 5. The highest BCUT2D eigenvalue weighted by Crippen LogP contribution is 2.29. The normalized spacial score (nSPS) is 10.3. The van der Waals surface area contributed by atoms with Crippen LogP contribution in [0.3, 0.4) is 0 Å². The minimum absolute atomic E-state index is 0.277. The van der Waals surface area contributed by atoms with Crippen molar-refractivity contribution in [3.8, 4) is 28.7 Å². The number of benzene rings is 3. The lowest BCUT2D eigenvalue weighted by atomic mass is 10.1. The van der Waals surface area contributed by atoms with E-state index in [0.29, 0.717) is 47.5 Å². The van der Waals surface area contributed by atoms with E-state index in [9.17, 15) is 4.79 Å². The molecule has 0 bridgehead atoms. The third kappa shape index (κ3) is 6.04. The molecule has 8 nitrogen and oxygen atoms in total. The Bertz CT molecular complexity index is 1040. The smallest absolute Gasteiger partial charge is 0.322 e. The molecule has 8 heteroatoms. The molecule has 2 amide bonds. The van der Waals surface area contributed by atoms with Crippen molar-refractivity contribution in [1.29, 1.82) is 0 Å². The Morgan fingerprint density at radius 1 is 0.647 bits per heavy atom. The lowest BCUT2D eigenvalue weighted by Crippen LogP contribution is -2.34. The molecule has 0 aromatic heterocycles. The molecule has 3 aromatic rings. The number of nitrogens with zero attached hydrogens (tertiary/aromatic N) is 1. The first-order valence-electron chi connectivity index (χ1n) is 10.6. The number of hydrogen-bond acceptors (Lipinski definition) is 6. The van der Waals surface area contributed by atoms with Crippen LogP contribution in [0.4, 0.5) is 10.5 Å². The van der Waals surface area contributed by atoms with E-state index in [1.807, 2.05) is 24.3 Å². The first kappa shape index (κ1) is 24.6. The Hall–Kier alpha value is -4.07. The largest absolute Gasteiger partial charge is 0.497 e. The molecule has 0 aliphatic rings. The first-order chi connectivity index (χ1) is 16.5. The van der Waals surface area contributed by atoms with Gasteiger partial charge in [-0.25, -0.2) is 4.79 Å². The number of nitrogens with one attached hydrogen (secondary N) is 1. The van der Waals surface area contributed by atoms with Crippen LogP contribution in [0.25, 0.3) is 0 Å². The maximum absolute atomic E-state index is 13.4. The van der Waals surface area contributed by atoms with Gasteiger partial charge >= 0.3 is 6.03 Å². The van der Waals surface area contributed by atoms with Crippen molar-refractivity contribution in [2.24, 2.45) is 0 Å². The van der Waals surface area contributed by atoms with Crippen molar-refractivity contribution in [1.82, 2.24) is 4.90 Å². The zero-order valence-electron chi connectivity index (χ0n) is 20.1. The average molecular weight is 467 g/mol. The summed E-state index contributed by atoms with van der Waals surface area (Å²) in [6.07, 6.45) is 0. The van der Waals surface area contributed by atoms with Crippen LogP contribution >= 0.6 is 0 Å².